The maximum atomic E-state index is 13.0. The maximum Gasteiger partial charge on any atom is 0.326 e. The number of nitrogens with one attached hydrogen (secondary N) is 2. The van der Waals surface area contributed by atoms with Crippen LogP contribution in [-0.2, 0) is 4.74 Å². The largest absolute Gasteiger partial charge is 0.374 e. The second-order valence-electron chi connectivity index (χ2n) is 8.82. The molecule has 4 bridgehead atoms. The summed E-state index contributed by atoms with van der Waals surface area (Å²) >= 11 is 0. The molecule has 0 aliphatic heterocycles. The number of aromatic amines is 2. The molecule has 0 spiro atoms. The van der Waals surface area contributed by atoms with Crippen molar-refractivity contribution in [2.75, 3.05) is 6.61 Å². The first-order chi connectivity index (χ1) is 13.7. The smallest absolute Gasteiger partial charge is 0.326 e. The third-order valence-electron chi connectivity index (χ3n) is 7.21. The van der Waals surface area contributed by atoms with Crippen LogP contribution in [0, 0.1) is 29.1 Å². The van der Waals surface area contributed by atoms with Crippen LogP contribution in [-0.4, -0.2) is 36.7 Å². The minimum absolute atomic E-state index is 0.0655. The highest BCUT2D eigenvalue weighted by Crippen LogP contribution is 2.61. The number of H-pyrrole nitrogens is 2. The summed E-state index contributed by atoms with van der Waals surface area (Å²) in [6.07, 6.45) is 9.15. The Labute approximate surface area is 160 Å². The number of imidazole rings is 2. The minimum Gasteiger partial charge on any atom is -0.374 e. The molecule has 3 aromatic heterocycles. The van der Waals surface area contributed by atoms with Crippen molar-refractivity contribution in [2.24, 2.45) is 17.8 Å². The van der Waals surface area contributed by atoms with Gasteiger partial charge in [0.1, 0.15) is 11.0 Å². The van der Waals surface area contributed by atoms with Crippen LogP contribution in [0.3, 0.4) is 0 Å². The first-order valence-electron chi connectivity index (χ1n) is 10.1. The van der Waals surface area contributed by atoms with E-state index < -0.39 is 0 Å². The number of nitriles is 1. The Kier molecular flexibility index (Phi) is 3.30. The number of hydrogen-bond acceptors (Lipinski definition) is 5. The standard InChI is InChI=1S/C20H22N6O2/c21-2-1-3-28-20-6-11-4-12(7-20)16(13(5-11)8-20)26-17-14(25-19(26)27)9-22-18-15(17)23-10-24-18/h9-13,16H,1,3-8H2,(H,25,27)(H,22,23,24)/t11?,12-,13+,16-,20-. The van der Waals surface area contributed by atoms with Crippen molar-refractivity contribution in [3.8, 4) is 6.07 Å². The fourth-order valence-electron chi connectivity index (χ4n) is 6.61. The Bertz CT molecular complexity index is 1150. The van der Waals surface area contributed by atoms with Gasteiger partial charge < -0.3 is 14.7 Å². The van der Waals surface area contributed by atoms with E-state index in [4.69, 9.17) is 10.00 Å². The van der Waals surface area contributed by atoms with E-state index in [9.17, 15) is 4.79 Å². The summed E-state index contributed by atoms with van der Waals surface area (Å²) in [5, 5.41) is 8.86. The summed E-state index contributed by atoms with van der Waals surface area (Å²) in [7, 11) is 0. The summed E-state index contributed by atoms with van der Waals surface area (Å²) in [5.74, 6) is 1.52. The number of ether oxygens (including phenoxy) is 1. The van der Waals surface area contributed by atoms with Crippen LogP contribution >= 0.6 is 0 Å². The molecule has 4 aliphatic carbocycles. The van der Waals surface area contributed by atoms with Crippen LogP contribution in [0.25, 0.3) is 22.2 Å². The van der Waals surface area contributed by atoms with Crippen LogP contribution in [0.5, 0.6) is 0 Å². The zero-order valence-electron chi connectivity index (χ0n) is 15.5. The highest BCUT2D eigenvalue weighted by Gasteiger charge is 2.57. The average Bonchev–Trinajstić information content (AvgIpc) is 3.25. The molecule has 3 heterocycles. The number of fused-ring (bicyclic) bond motifs is 3. The number of aromatic nitrogens is 5. The fraction of sp³-hybridized carbons (Fsp3) is 0.600. The van der Waals surface area contributed by atoms with E-state index in [1.165, 1.54) is 0 Å². The van der Waals surface area contributed by atoms with Gasteiger partial charge in [-0.15, -0.1) is 0 Å². The molecule has 2 N–H and O–H groups in total. The molecule has 0 saturated heterocycles. The first kappa shape index (κ1) is 16.3. The summed E-state index contributed by atoms with van der Waals surface area (Å²) in [6, 6.07) is 2.36. The van der Waals surface area contributed by atoms with Gasteiger partial charge in [0.15, 0.2) is 5.65 Å². The molecule has 3 aromatic rings. The van der Waals surface area contributed by atoms with Gasteiger partial charge in [-0.25, -0.2) is 14.8 Å². The zero-order chi connectivity index (χ0) is 18.9. The maximum absolute atomic E-state index is 13.0. The SMILES string of the molecule is N#CCCO[C@]12CC3C[C@H](C1)[C@@H](n1c(=O)[nH]c4cnc5[nH]cnc5c41)[C@@H](C3)C2. The number of nitrogens with zero attached hydrogens (tertiary/aromatic N) is 4. The third-order valence-corrected chi connectivity index (χ3v) is 7.21. The Hall–Kier alpha value is -2.66. The van der Waals surface area contributed by atoms with Crippen molar-refractivity contribution in [1.29, 1.82) is 5.26 Å². The molecular formula is C20H22N6O2. The molecule has 4 fully saturated rings. The molecule has 8 heteroatoms. The lowest BCUT2D eigenvalue weighted by atomic mass is 9.52. The molecule has 0 radical (unpaired) electrons. The first-order valence-corrected chi connectivity index (χ1v) is 10.1. The highest BCUT2D eigenvalue weighted by atomic mass is 16.5. The molecule has 5 atom stereocenters. The van der Waals surface area contributed by atoms with Crippen LogP contribution in [0.1, 0.15) is 44.6 Å². The van der Waals surface area contributed by atoms with Crippen molar-refractivity contribution >= 4 is 22.2 Å². The van der Waals surface area contributed by atoms with Gasteiger partial charge in [-0.05, 0) is 49.9 Å². The normalized spacial score (nSPS) is 33.7. The molecule has 8 nitrogen and oxygen atoms in total. The van der Waals surface area contributed by atoms with Crippen molar-refractivity contribution < 1.29 is 4.74 Å². The van der Waals surface area contributed by atoms with Crippen molar-refractivity contribution in [2.45, 2.75) is 50.2 Å². The quantitative estimate of drug-likeness (QED) is 0.678. The molecule has 28 heavy (non-hydrogen) atoms. The van der Waals surface area contributed by atoms with Gasteiger partial charge in [0, 0.05) is 6.04 Å². The van der Waals surface area contributed by atoms with Crippen LogP contribution in [0.15, 0.2) is 17.3 Å². The predicted octanol–water partition coefficient (Wildman–Crippen LogP) is 2.65. The van der Waals surface area contributed by atoms with Gasteiger partial charge in [0.05, 0.1) is 42.7 Å². The lowest BCUT2D eigenvalue weighted by molar-refractivity contribution is -0.178. The summed E-state index contributed by atoms with van der Waals surface area (Å²) in [5.41, 5.74) is 2.92. The van der Waals surface area contributed by atoms with Crippen molar-refractivity contribution in [3.63, 3.8) is 0 Å². The molecular weight excluding hydrogens is 356 g/mol. The number of hydrogen-bond donors (Lipinski definition) is 2. The Morgan fingerprint density at radius 1 is 1.29 bits per heavy atom. The predicted molar refractivity (Wildman–Crippen MR) is 102 cm³/mol. The van der Waals surface area contributed by atoms with E-state index >= 15 is 0 Å². The summed E-state index contributed by atoms with van der Waals surface area (Å²) in [6.45, 7) is 0.514. The van der Waals surface area contributed by atoms with Gasteiger partial charge in [-0.3, -0.25) is 4.57 Å². The summed E-state index contributed by atoms with van der Waals surface area (Å²) < 4.78 is 8.25. The van der Waals surface area contributed by atoms with E-state index in [0.29, 0.717) is 36.4 Å². The van der Waals surface area contributed by atoms with Crippen LogP contribution < -0.4 is 5.69 Å². The molecule has 4 aliphatic rings. The molecule has 0 amide bonds. The number of pyridine rings is 1. The van der Waals surface area contributed by atoms with Gasteiger partial charge >= 0.3 is 5.69 Å². The van der Waals surface area contributed by atoms with E-state index in [1.807, 2.05) is 4.57 Å². The van der Waals surface area contributed by atoms with Gasteiger partial charge in [0.2, 0.25) is 0 Å². The molecule has 1 unspecified atom stereocenters. The Balaban J connectivity index is 1.44. The monoisotopic (exact) mass is 378 g/mol. The third kappa shape index (κ3) is 2.17. The van der Waals surface area contributed by atoms with Gasteiger partial charge in [-0.1, -0.05) is 0 Å². The Morgan fingerprint density at radius 3 is 2.89 bits per heavy atom. The van der Waals surface area contributed by atoms with Crippen LogP contribution in [0.4, 0.5) is 0 Å². The highest BCUT2D eigenvalue weighted by molar-refractivity contribution is 5.98. The molecule has 7 rings (SSSR count). The number of rotatable bonds is 4. The van der Waals surface area contributed by atoms with Crippen LogP contribution in [0.2, 0.25) is 0 Å². The zero-order valence-corrected chi connectivity index (χ0v) is 15.5. The topological polar surface area (TPSA) is 112 Å². The second kappa shape index (κ2) is 5.67. The van der Waals surface area contributed by atoms with Crippen molar-refractivity contribution in [3.05, 3.63) is 23.0 Å². The average molecular weight is 378 g/mol. The molecule has 0 aromatic carbocycles. The lowest BCUT2D eigenvalue weighted by Crippen LogP contribution is -2.57. The second-order valence-corrected chi connectivity index (χ2v) is 8.82. The minimum atomic E-state index is -0.0945. The fourth-order valence-corrected chi connectivity index (χ4v) is 6.61. The van der Waals surface area contributed by atoms with Gasteiger partial charge in [-0.2, -0.15) is 5.26 Å². The van der Waals surface area contributed by atoms with E-state index in [1.54, 1.807) is 12.5 Å². The van der Waals surface area contributed by atoms with E-state index in [2.05, 4.69) is 26.0 Å². The lowest BCUT2D eigenvalue weighted by Gasteiger charge is -2.59. The van der Waals surface area contributed by atoms with Crippen molar-refractivity contribution in [1.82, 2.24) is 24.5 Å². The molecule has 144 valence electrons. The summed E-state index contributed by atoms with van der Waals surface area (Å²) in [4.78, 5) is 27.8. The molecule has 4 saturated carbocycles. The van der Waals surface area contributed by atoms with E-state index in [0.717, 1.165) is 48.7 Å². The Morgan fingerprint density at radius 2 is 2.11 bits per heavy atom. The van der Waals surface area contributed by atoms with Gasteiger partial charge in [0.25, 0.3) is 0 Å². The van der Waals surface area contributed by atoms with E-state index in [-0.39, 0.29) is 17.3 Å².